The fourth-order valence-electron chi connectivity index (χ4n) is 2.10. The number of rotatable bonds is 1. The molecule has 3 heteroatoms. The summed E-state index contributed by atoms with van der Waals surface area (Å²) in [6.45, 7) is 2.14. The van der Waals surface area contributed by atoms with Crippen LogP contribution >= 0.6 is 0 Å². The highest BCUT2D eigenvalue weighted by atomic mass is 16.5. The van der Waals surface area contributed by atoms with Gasteiger partial charge in [0.2, 0.25) is 0 Å². The Morgan fingerprint density at radius 2 is 2.38 bits per heavy atom. The number of carbonyl (C=O) groups is 2. The predicted molar refractivity (Wildman–Crippen MR) is 46.2 cm³/mol. The van der Waals surface area contributed by atoms with E-state index in [1.54, 1.807) is 12.2 Å². The Morgan fingerprint density at radius 1 is 1.62 bits per heavy atom. The molecule has 1 saturated heterocycles. The summed E-state index contributed by atoms with van der Waals surface area (Å²) < 4.78 is 5.47. The van der Waals surface area contributed by atoms with Crippen molar-refractivity contribution in [2.45, 2.75) is 25.4 Å². The fourth-order valence-corrected chi connectivity index (χ4v) is 2.10. The van der Waals surface area contributed by atoms with Gasteiger partial charge in [0, 0.05) is 6.42 Å². The van der Waals surface area contributed by atoms with Crippen LogP contribution in [-0.2, 0) is 14.3 Å². The average molecular weight is 180 g/mol. The lowest BCUT2D eigenvalue weighted by Crippen LogP contribution is -2.38. The summed E-state index contributed by atoms with van der Waals surface area (Å²) in [5.74, 6) is -0.123. The molecular formula is C10H12O3. The molecule has 1 aliphatic carbocycles. The number of fused-ring (bicyclic) bond motifs is 1. The second-order valence-corrected chi connectivity index (χ2v) is 3.62. The van der Waals surface area contributed by atoms with E-state index < -0.39 is 5.60 Å². The van der Waals surface area contributed by atoms with Crippen LogP contribution in [0.1, 0.15) is 19.8 Å². The number of allylic oxidation sites excluding steroid dienone is 1. The first-order valence-electron chi connectivity index (χ1n) is 4.57. The highest BCUT2D eigenvalue weighted by Crippen LogP contribution is 2.39. The largest absolute Gasteiger partial charge is 0.362 e. The summed E-state index contributed by atoms with van der Waals surface area (Å²) in [4.78, 5) is 22.5. The summed E-state index contributed by atoms with van der Waals surface area (Å²) >= 11 is 0. The van der Waals surface area contributed by atoms with Crippen molar-refractivity contribution in [2.75, 3.05) is 6.61 Å². The quantitative estimate of drug-likeness (QED) is 0.601. The Labute approximate surface area is 76.8 Å². The van der Waals surface area contributed by atoms with Crippen molar-refractivity contribution >= 4 is 11.6 Å². The van der Waals surface area contributed by atoms with Crippen LogP contribution < -0.4 is 0 Å². The number of hydrogen-bond acceptors (Lipinski definition) is 3. The second-order valence-electron chi connectivity index (χ2n) is 3.62. The molecule has 0 spiro atoms. The van der Waals surface area contributed by atoms with Gasteiger partial charge in [-0.05, 0) is 18.6 Å². The molecule has 0 saturated carbocycles. The first kappa shape index (κ1) is 8.63. The summed E-state index contributed by atoms with van der Waals surface area (Å²) in [5, 5.41) is 0. The third kappa shape index (κ3) is 1.15. The van der Waals surface area contributed by atoms with Gasteiger partial charge in [-0.3, -0.25) is 9.59 Å². The van der Waals surface area contributed by atoms with E-state index in [9.17, 15) is 9.59 Å². The summed E-state index contributed by atoms with van der Waals surface area (Å²) in [6.07, 6.45) is 4.38. The van der Waals surface area contributed by atoms with E-state index >= 15 is 0 Å². The molecule has 0 aromatic carbocycles. The number of Topliss-reactive ketones (excluding diaryl/α,β-unsaturated/α-hetero) is 1. The zero-order valence-corrected chi connectivity index (χ0v) is 7.58. The average Bonchev–Trinajstić information content (AvgIpc) is 2.46. The molecule has 3 nitrogen and oxygen atoms in total. The van der Waals surface area contributed by atoms with E-state index in [-0.39, 0.29) is 24.1 Å². The first-order chi connectivity index (χ1) is 6.18. The molecule has 70 valence electrons. The number of ether oxygens (including phenoxy) is 1. The molecule has 1 heterocycles. The van der Waals surface area contributed by atoms with Crippen molar-refractivity contribution in [1.82, 2.24) is 0 Å². The summed E-state index contributed by atoms with van der Waals surface area (Å²) in [7, 11) is 0. The van der Waals surface area contributed by atoms with Crippen LogP contribution in [0.5, 0.6) is 0 Å². The van der Waals surface area contributed by atoms with E-state index in [0.717, 1.165) is 6.42 Å². The van der Waals surface area contributed by atoms with Crippen LogP contribution in [0.4, 0.5) is 0 Å². The molecule has 0 amide bonds. The molecule has 0 bridgehead atoms. The lowest BCUT2D eigenvalue weighted by atomic mass is 9.77. The summed E-state index contributed by atoms with van der Waals surface area (Å²) in [6, 6.07) is 0. The summed E-state index contributed by atoms with van der Waals surface area (Å²) in [5.41, 5.74) is -0.467. The third-order valence-corrected chi connectivity index (χ3v) is 2.97. The van der Waals surface area contributed by atoms with Crippen LogP contribution in [0.2, 0.25) is 0 Å². The minimum atomic E-state index is -0.467. The van der Waals surface area contributed by atoms with Crippen molar-refractivity contribution in [3.63, 3.8) is 0 Å². The molecular weight excluding hydrogens is 168 g/mol. The highest BCUT2D eigenvalue weighted by molar-refractivity contribution is 5.98. The van der Waals surface area contributed by atoms with Crippen molar-refractivity contribution < 1.29 is 14.3 Å². The van der Waals surface area contributed by atoms with E-state index in [4.69, 9.17) is 4.74 Å². The van der Waals surface area contributed by atoms with Gasteiger partial charge in [0.1, 0.15) is 6.61 Å². The van der Waals surface area contributed by atoms with Crippen molar-refractivity contribution in [3.8, 4) is 0 Å². The highest BCUT2D eigenvalue weighted by Gasteiger charge is 2.48. The molecule has 2 rings (SSSR count). The van der Waals surface area contributed by atoms with Gasteiger partial charge in [0.25, 0.3) is 0 Å². The molecule has 0 aromatic rings. The van der Waals surface area contributed by atoms with Crippen LogP contribution in [0, 0.1) is 5.92 Å². The lowest BCUT2D eigenvalue weighted by molar-refractivity contribution is -0.125. The zero-order valence-electron chi connectivity index (χ0n) is 7.58. The molecule has 0 aromatic heterocycles. The Bertz CT molecular complexity index is 293. The van der Waals surface area contributed by atoms with Crippen LogP contribution in [0.15, 0.2) is 12.2 Å². The molecule has 13 heavy (non-hydrogen) atoms. The van der Waals surface area contributed by atoms with Crippen LogP contribution in [0.25, 0.3) is 0 Å². The van der Waals surface area contributed by atoms with Gasteiger partial charge in [-0.2, -0.15) is 0 Å². The number of carbonyl (C=O) groups excluding carboxylic acids is 2. The van der Waals surface area contributed by atoms with Crippen LogP contribution in [0.3, 0.4) is 0 Å². The Kier molecular flexibility index (Phi) is 1.84. The SMILES string of the molecule is CC[C@@]12C=CC(=O)C[C@@H]1C(=O)CO2. The van der Waals surface area contributed by atoms with Crippen molar-refractivity contribution in [3.05, 3.63) is 12.2 Å². The van der Waals surface area contributed by atoms with E-state index in [2.05, 4.69) is 0 Å². The molecule has 0 unspecified atom stereocenters. The maximum Gasteiger partial charge on any atom is 0.165 e. The Morgan fingerprint density at radius 3 is 3.08 bits per heavy atom. The minimum absolute atomic E-state index is 0.0351. The van der Waals surface area contributed by atoms with Crippen LogP contribution in [-0.4, -0.2) is 23.8 Å². The first-order valence-corrected chi connectivity index (χ1v) is 4.57. The Hall–Kier alpha value is -0.960. The van der Waals surface area contributed by atoms with Gasteiger partial charge in [0.05, 0.1) is 11.5 Å². The van der Waals surface area contributed by atoms with Crippen molar-refractivity contribution in [1.29, 1.82) is 0 Å². The predicted octanol–water partition coefficient (Wildman–Crippen LogP) is 0.880. The molecule has 2 aliphatic rings. The van der Waals surface area contributed by atoms with Gasteiger partial charge in [-0.25, -0.2) is 0 Å². The third-order valence-electron chi connectivity index (χ3n) is 2.97. The standard InChI is InChI=1S/C10H12O3/c1-2-10-4-3-7(11)5-8(10)9(12)6-13-10/h3-4,8H,2,5-6H2,1H3/t8-,10-/m1/s1. The van der Waals surface area contributed by atoms with Gasteiger partial charge < -0.3 is 4.74 Å². The molecule has 0 N–H and O–H groups in total. The van der Waals surface area contributed by atoms with E-state index in [0.29, 0.717) is 6.42 Å². The fraction of sp³-hybridized carbons (Fsp3) is 0.600. The van der Waals surface area contributed by atoms with Gasteiger partial charge in [-0.15, -0.1) is 0 Å². The molecule has 1 fully saturated rings. The maximum absolute atomic E-state index is 11.4. The van der Waals surface area contributed by atoms with Crippen molar-refractivity contribution in [2.24, 2.45) is 5.92 Å². The molecule has 1 aliphatic heterocycles. The molecule has 2 atom stereocenters. The molecule has 0 radical (unpaired) electrons. The van der Waals surface area contributed by atoms with E-state index in [1.807, 2.05) is 6.92 Å². The smallest absolute Gasteiger partial charge is 0.165 e. The van der Waals surface area contributed by atoms with Gasteiger partial charge >= 0.3 is 0 Å². The maximum atomic E-state index is 11.4. The topological polar surface area (TPSA) is 43.4 Å². The monoisotopic (exact) mass is 180 g/mol. The Balaban J connectivity index is 2.37. The number of hydrogen-bond donors (Lipinski definition) is 0. The minimum Gasteiger partial charge on any atom is -0.362 e. The zero-order chi connectivity index (χ0) is 9.47. The van der Waals surface area contributed by atoms with E-state index in [1.165, 1.54) is 0 Å². The van der Waals surface area contributed by atoms with Gasteiger partial charge in [0.15, 0.2) is 11.6 Å². The normalized spacial score (nSPS) is 38.1. The lowest BCUT2D eigenvalue weighted by Gasteiger charge is -2.31. The second kappa shape index (κ2) is 2.77. The van der Waals surface area contributed by atoms with Gasteiger partial charge in [-0.1, -0.05) is 6.92 Å². The number of ketones is 2.